The molecule has 0 radical (unpaired) electrons. The van der Waals surface area contributed by atoms with Crippen LogP contribution in [0, 0.1) is 6.92 Å². The van der Waals surface area contributed by atoms with Crippen molar-refractivity contribution in [1.82, 2.24) is 10.2 Å². The van der Waals surface area contributed by atoms with Gasteiger partial charge < -0.3 is 10.2 Å². The van der Waals surface area contributed by atoms with Crippen LogP contribution in [0.4, 0.5) is 0 Å². The molecule has 0 bridgehead atoms. The molecular weight excluding hydrogens is 312 g/mol. The molecule has 4 heteroatoms. The molecule has 2 aromatic rings. The van der Waals surface area contributed by atoms with E-state index in [-0.39, 0.29) is 17.9 Å². The predicted octanol–water partition coefficient (Wildman–Crippen LogP) is 2.96. The molecular formula is C21H24N2O2. The molecule has 4 nitrogen and oxygen atoms in total. The number of carbonyl (C=O) groups excluding carboxylic acids is 2. The van der Waals surface area contributed by atoms with Gasteiger partial charge in [-0.2, -0.15) is 0 Å². The minimum atomic E-state index is -0.0298. The summed E-state index contributed by atoms with van der Waals surface area (Å²) >= 11 is 0. The average molecular weight is 336 g/mol. The maximum atomic E-state index is 12.4. The molecule has 0 aliphatic carbocycles. The zero-order valence-corrected chi connectivity index (χ0v) is 14.6. The standard InChI is InChI=1S/C21H24N2O2/c1-16-6-5-9-18(14-16)21(25)22-19-10-12-23(13-11-19)20(24)15-17-7-3-2-4-8-17/h2-9,14,19H,10-13,15H2,1H3,(H,22,25). The molecule has 1 saturated heterocycles. The fourth-order valence-corrected chi connectivity index (χ4v) is 3.21. The second kappa shape index (κ2) is 7.97. The Balaban J connectivity index is 1.48. The lowest BCUT2D eigenvalue weighted by Gasteiger charge is -2.32. The summed E-state index contributed by atoms with van der Waals surface area (Å²) in [5, 5.41) is 3.09. The number of hydrogen-bond acceptors (Lipinski definition) is 2. The zero-order chi connectivity index (χ0) is 17.6. The third kappa shape index (κ3) is 4.69. The zero-order valence-electron chi connectivity index (χ0n) is 14.6. The van der Waals surface area contributed by atoms with Crippen molar-refractivity contribution in [3.05, 3.63) is 71.3 Å². The summed E-state index contributed by atoms with van der Waals surface area (Å²) in [5.74, 6) is 0.132. The van der Waals surface area contributed by atoms with Gasteiger partial charge in [0.15, 0.2) is 0 Å². The van der Waals surface area contributed by atoms with Gasteiger partial charge in [0.05, 0.1) is 6.42 Å². The van der Waals surface area contributed by atoms with Crippen molar-refractivity contribution >= 4 is 11.8 Å². The molecule has 2 amide bonds. The average Bonchev–Trinajstić information content (AvgIpc) is 2.63. The molecule has 1 N–H and O–H groups in total. The number of nitrogens with zero attached hydrogens (tertiary/aromatic N) is 1. The Labute approximate surface area is 148 Å². The van der Waals surface area contributed by atoms with E-state index in [0.717, 1.165) is 24.0 Å². The SMILES string of the molecule is Cc1cccc(C(=O)NC2CCN(C(=O)Cc3ccccc3)CC2)c1. The number of rotatable bonds is 4. The number of piperidine rings is 1. The molecule has 1 heterocycles. The molecule has 0 atom stereocenters. The molecule has 1 fully saturated rings. The second-order valence-electron chi connectivity index (χ2n) is 6.66. The van der Waals surface area contributed by atoms with Gasteiger partial charge in [-0.05, 0) is 37.5 Å². The first-order chi connectivity index (χ1) is 12.1. The van der Waals surface area contributed by atoms with E-state index in [2.05, 4.69) is 5.32 Å². The summed E-state index contributed by atoms with van der Waals surface area (Å²) in [6.07, 6.45) is 2.05. The first-order valence-electron chi connectivity index (χ1n) is 8.81. The third-order valence-corrected chi connectivity index (χ3v) is 4.66. The number of aryl methyl sites for hydroxylation is 1. The Kier molecular flexibility index (Phi) is 5.49. The third-order valence-electron chi connectivity index (χ3n) is 4.66. The normalized spacial score (nSPS) is 15.0. The van der Waals surface area contributed by atoms with Crippen molar-refractivity contribution < 1.29 is 9.59 Å². The fraction of sp³-hybridized carbons (Fsp3) is 0.333. The van der Waals surface area contributed by atoms with Gasteiger partial charge >= 0.3 is 0 Å². The first kappa shape index (κ1) is 17.2. The number of hydrogen-bond donors (Lipinski definition) is 1. The summed E-state index contributed by atoms with van der Waals surface area (Å²) in [6, 6.07) is 17.6. The van der Waals surface area contributed by atoms with Gasteiger partial charge in [0.2, 0.25) is 5.91 Å². The van der Waals surface area contributed by atoms with Crippen molar-refractivity contribution in [2.75, 3.05) is 13.1 Å². The molecule has 130 valence electrons. The van der Waals surface area contributed by atoms with Crippen molar-refractivity contribution in [3.8, 4) is 0 Å². The van der Waals surface area contributed by atoms with Crippen LogP contribution >= 0.6 is 0 Å². The van der Waals surface area contributed by atoms with Crippen molar-refractivity contribution in [2.24, 2.45) is 0 Å². The van der Waals surface area contributed by atoms with E-state index in [1.54, 1.807) is 0 Å². The molecule has 0 spiro atoms. The Hall–Kier alpha value is -2.62. The first-order valence-corrected chi connectivity index (χ1v) is 8.81. The molecule has 1 aliphatic heterocycles. The van der Waals surface area contributed by atoms with Gasteiger partial charge in [-0.1, -0.05) is 48.0 Å². The topological polar surface area (TPSA) is 49.4 Å². The molecule has 2 aromatic carbocycles. The van der Waals surface area contributed by atoms with E-state index in [1.165, 1.54) is 0 Å². The Morgan fingerprint density at radius 1 is 1.04 bits per heavy atom. The lowest BCUT2D eigenvalue weighted by Crippen LogP contribution is -2.47. The second-order valence-corrected chi connectivity index (χ2v) is 6.66. The van der Waals surface area contributed by atoms with Gasteiger partial charge in [-0.3, -0.25) is 9.59 Å². The highest BCUT2D eigenvalue weighted by atomic mass is 16.2. The van der Waals surface area contributed by atoms with E-state index in [0.29, 0.717) is 25.1 Å². The van der Waals surface area contributed by atoms with Gasteiger partial charge in [0.25, 0.3) is 5.91 Å². The van der Waals surface area contributed by atoms with Crippen LogP contribution in [-0.4, -0.2) is 35.8 Å². The molecule has 3 rings (SSSR count). The summed E-state index contributed by atoms with van der Waals surface area (Å²) < 4.78 is 0. The van der Waals surface area contributed by atoms with Crippen molar-refractivity contribution in [2.45, 2.75) is 32.2 Å². The Bertz CT molecular complexity index is 735. The lowest BCUT2D eigenvalue weighted by atomic mass is 10.0. The van der Waals surface area contributed by atoms with Crippen LogP contribution in [0.5, 0.6) is 0 Å². The minimum absolute atomic E-state index is 0.0298. The Morgan fingerprint density at radius 2 is 1.76 bits per heavy atom. The minimum Gasteiger partial charge on any atom is -0.349 e. The molecule has 0 unspecified atom stereocenters. The predicted molar refractivity (Wildman–Crippen MR) is 98.4 cm³/mol. The van der Waals surface area contributed by atoms with Gasteiger partial charge in [-0.15, -0.1) is 0 Å². The van der Waals surface area contributed by atoms with Crippen molar-refractivity contribution in [3.63, 3.8) is 0 Å². The van der Waals surface area contributed by atoms with Gasteiger partial charge in [0.1, 0.15) is 0 Å². The Morgan fingerprint density at radius 3 is 2.44 bits per heavy atom. The molecule has 1 aliphatic rings. The van der Waals surface area contributed by atoms with Crippen LogP contribution in [0.1, 0.15) is 34.3 Å². The van der Waals surface area contributed by atoms with Crippen molar-refractivity contribution in [1.29, 1.82) is 0 Å². The smallest absolute Gasteiger partial charge is 0.251 e. The number of benzene rings is 2. The highest BCUT2D eigenvalue weighted by Gasteiger charge is 2.24. The van der Waals surface area contributed by atoms with E-state index < -0.39 is 0 Å². The number of amides is 2. The summed E-state index contributed by atoms with van der Waals surface area (Å²) in [5.41, 5.74) is 2.82. The highest BCUT2D eigenvalue weighted by Crippen LogP contribution is 2.14. The quantitative estimate of drug-likeness (QED) is 0.933. The van der Waals surface area contributed by atoms with Crippen LogP contribution in [0.25, 0.3) is 0 Å². The van der Waals surface area contributed by atoms with E-state index in [9.17, 15) is 9.59 Å². The highest BCUT2D eigenvalue weighted by molar-refractivity contribution is 5.94. The summed E-state index contributed by atoms with van der Waals surface area (Å²) in [6.45, 7) is 3.38. The molecule has 25 heavy (non-hydrogen) atoms. The largest absolute Gasteiger partial charge is 0.349 e. The fourth-order valence-electron chi connectivity index (χ4n) is 3.21. The lowest BCUT2D eigenvalue weighted by molar-refractivity contribution is -0.131. The van der Waals surface area contributed by atoms with Gasteiger partial charge in [0, 0.05) is 24.7 Å². The van der Waals surface area contributed by atoms with E-state index in [4.69, 9.17) is 0 Å². The van der Waals surface area contributed by atoms with E-state index in [1.807, 2.05) is 66.4 Å². The number of nitrogens with one attached hydrogen (secondary N) is 1. The maximum Gasteiger partial charge on any atom is 0.251 e. The summed E-state index contributed by atoms with van der Waals surface area (Å²) in [4.78, 5) is 26.6. The van der Waals surface area contributed by atoms with Crippen LogP contribution < -0.4 is 5.32 Å². The van der Waals surface area contributed by atoms with Crippen LogP contribution in [0.15, 0.2) is 54.6 Å². The van der Waals surface area contributed by atoms with Gasteiger partial charge in [-0.25, -0.2) is 0 Å². The van der Waals surface area contributed by atoms with Crippen LogP contribution in [0.2, 0.25) is 0 Å². The van der Waals surface area contributed by atoms with Crippen LogP contribution in [0.3, 0.4) is 0 Å². The number of likely N-dealkylation sites (tertiary alicyclic amines) is 1. The van der Waals surface area contributed by atoms with E-state index >= 15 is 0 Å². The molecule has 0 saturated carbocycles. The number of carbonyl (C=O) groups is 2. The maximum absolute atomic E-state index is 12.4. The molecule has 0 aromatic heterocycles. The summed E-state index contributed by atoms with van der Waals surface area (Å²) in [7, 11) is 0. The monoisotopic (exact) mass is 336 g/mol. The van der Waals surface area contributed by atoms with Crippen LogP contribution in [-0.2, 0) is 11.2 Å².